The molecule has 0 spiro atoms. The number of nitrogens with zero attached hydrogens (tertiary/aromatic N) is 1. The topological polar surface area (TPSA) is 34.1 Å². The first-order chi connectivity index (χ1) is 8.90. The van der Waals surface area contributed by atoms with Crippen molar-refractivity contribution in [1.82, 2.24) is 10.3 Å². The summed E-state index contributed by atoms with van der Waals surface area (Å²) in [5.74, 6) is 1.75. The highest BCUT2D eigenvalue weighted by atomic mass is 16.5. The Morgan fingerprint density at radius 3 is 2.83 bits per heavy atom. The molecule has 0 radical (unpaired) electrons. The second kappa shape index (κ2) is 5.70. The van der Waals surface area contributed by atoms with Gasteiger partial charge < -0.3 is 10.1 Å². The first kappa shape index (κ1) is 12.0. The number of rotatable bonds is 6. The van der Waals surface area contributed by atoms with Crippen molar-refractivity contribution >= 4 is 0 Å². The lowest BCUT2D eigenvalue weighted by molar-refractivity contribution is 0.251. The van der Waals surface area contributed by atoms with Gasteiger partial charge in [-0.05, 0) is 37.7 Å². The van der Waals surface area contributed by atoms with Gasteiger partial charge in [-0.15, -0.1) is 0 Å². The first-order valence-corrected chi connectivity index (χ1v) is 7.21. The van der Waals surface area contributed by atoms with E-state index in [1.807, 2.05) is 12.3 Å². The molecule has 2 aliphatic rings. The molecule has 2 fully saturated rings. The fourth-order valence-corrected chi connectivity index (χ4v) is 2.57. The zero-order chi connectivity index (χ0) is 12.2. The Labute approximate surface area is 109 Å². The van der Waals surface area contributed by atoms with Crippen molar-refractivity contribution in [3.8, 4) is 5.75 Å². The molecule has 0 amide bonds. The number of aromatic nitrogens is 1. The Hall–Kier alpha value is -1.09. The molecule has 3 heteroatoms. The van der Waals surface area contributed by atoms with Crippen molar-refractivity contribution in [2.75, 3.05) is 6.61 Å². The standard InChI is InChI=1S/C15H22N2O/c1-2-4-12(3-1)11-18-15-7-8-16-14(9-15)10-17-13-5-6-13/h7-9,12-13,17H,1-6,10-11H2. The third-order valence-corrected chi connectivity index (χ3v) is 3.90. The van der Waals surface area contributed by atoms with Crippen molar-refractivity contribution in [3.05, 3.63) is 24.0 Å². The fraction of sp³-hybridized carbons (Fsp3) is 0.667. The Morgan fingerprint density at radius 1 is 1.22 bits per heavy atom. The number of ether oxygens (including phenoxy) is 1. The van der Waals surface area contributed by atoms with Crippen LogP contribution in [0, 0.1) is 5.92 Å². The number of nitrogens with one attached hydrogen (secondary N) is 1. The van der Waals surface area contributed by atoms with Crippen molar-refractivity contribution in [2.24, 2.45) is 5.92 Å². The van der Waals surface area contributed by atoms with E-state index in [0.29, 0.717) is 0 Å². The van der Waals surface area contributed by atoms with Crippen molar-refractivity contribution in [1.29, 1.82) is 0 Å². The minimum absolute atomic E-state index is 0.731. The number of hydrogen-bond acceptors (Lipinski definition) is 3. The van der Waals surface area contributed by atoms with Gasteiger partial charge in [-0.1, -0.05) is 12.8 Å². The van der Waals surface area contributed by atoms with Gasteiger partial charge in [0.2, 0.25) is 0 Å². The minimum atomic E-state index is 0.731. The van der Waals surface area contributed by atoms with E-state index in [1.54, 1.807) is 0 Å². The minimum Gasteiger partial charge on any atom is -0.493 e. The molecule has 0 unspecified atom stereocenters. The average molecular weight is 246 g/mol. The van der Waals surface area contributed by atoms with E-state index in [2.05, 4.69) is 16.4 Å². The largest absolute Gasteiger partial charge is 0.493 e. The predicted molar refractivity (Wildman–Crippen MR) is 71.6 cm³/mol. The van der Waals surface area contributed by atoms with Gasteiger partial charge in [-0.25, -0.2) is 0 Å². The number of pyridine rings is 1. The summed E-state index contributed by atoms with van der Waals surface area (Å²) in [6, 6.07) is 4.77. The quantitative estimate of drug-likeness (QED) is 0.838. The van der Waals surface area contributed by atoms with Crippen LogP contribution in [0.5, 0.6) is 5.75 Å². The lowest BCUT2D eigenvalue weighted by atomic mass is 10.1. The Morgan fingerprint density at radius 2 is 2.06 bits per heavy atom. The van der Waals surface area contributed by atoms with Crippen LogP contribution in [-0.4, -0.2) is 17.6 Å². The molecular formula is C15H22N2O. The van der Waals surface area contributed by atoms with Gasteiger partial charge in [-0.2, -0.15) is 0 Å². The molecule has 2 saturated carbocycles. The first-order valence-electron chi connectivity index (χ1n) is 7.21. The molecule has 0 saturated heterocycles. The molecule has 18 heavy (non-hydrogen) atoms. The zero-order valence-corrected chi connectivity index (χ0v) is 10.9. The Kier molecular flexibility index (Phi) is 3.79. The predicted octanol–water partition coefficient (Wildman–Crippen LogP) is 2.90. The van der Waals surface area contributed by atoms with Crippen LogP contribution in [0.15, 0.2) is 18.3 Å². The average Bonchev–Trinajstić information content (AvgIpc) is 3.09. The molecule has 98 valence electrons. The summed E-state index contributed by atoms with van der Waals surface area (Å²) >= 11 is 0. The van der Waals surface area contributed by atoms with Crippen LogP contribution >= 0.6 is 0 Å². The highest BCUT2D eigenvalue weighted by molar-refractivity contribution is 5.22. The molecule has 3 rings (SSSR count). The van der Waals surface area contributed by atoms with Crippen LogP contribution in [0.4, 0.5) is 0 Å². The summed E-state index contributed by atoms with van der Waals surface area (Å²) in [6.45, 7) is 1.74. The molecule has 0 aliphatic heterocycles. The van der Waals surface area contributed by atoms with Gasteiger partial charge in [0.1, 0.15) is 5.75 Å². The van der Waals surface area contributed by atoms with Gasteiger partial charge in [0.15, 0.2) is 0 Å². The fourth-order valence-electron chi connectivity index (χ4n) is 2.57. The normalized spacial score (nSPS) is 20.2. The van der Waals surface area contributed by atoms with E-state index >= 15 is 0 Å². The van der Waals surface area contributed by atoms with E-state index in [9.17, 15) is 0 Å². The van der Waals surface area contributed by atoms with Gasteiger partial charge in [0.25, 0.3) is 0 Å². The van der Waals surface area contributed by atoms with Crippen LogP contribution in [0.2, 0.25) is 0 Å². The van der Waals surface area contributed by atoms with Crippen LogP contribution in [0.25, 0.3) is 0 Å². The van der Waals surface area contributed by atoms with Crippen molar-refractivity contribution in [3.63, 3.8) is 0 Å². The molecule has 1 aromatic rings. The van der Waals surface area contributed by atoms with E-state index in [4.69, 9.17) is 4.74 Å². The maximum atomic E-state index is 5.89. The summed E-state index contributed by atoms with van der Waals surface area (Å²) in [5.41, 5.74) is 1.09. The van der Waals surface area contributed by atoms with Crippen LogP contribution < -0.4 is 10.1 Å². The molecule has 1 N–H and O–H groups in total. The van der Waals surface area contributed by atoms with E-state index in [-0.39, 0.29) is 0 Å². The Balaban J connectivity index is 1.49. The molecule has 0 aromatic carbocycles. The zero-order valence-electron chi connectivity index (χ0n) is 10.9. The number of hydrogen-bond donors (Lipinski definition) is 1. The van der Waals surface area contributed by atoms with Gasteiger partial charge in [-0.3, -0.25) is 4.98 Å². The smallest absolute Gasteiger partial charge is 0.122 e. The molecule has 3 nitrogen and oxygen atoms in total. The lowest BCUT2D eigenvalue weighted by Gasteiger charge is -2.12. The van der Waals surface area contributed by atoms with Crippen molar-refractivity contribution in [2.45, 2.75) is 51.1 Å². The van der Waals surface area contributed by atoms with Crippen LogP contribution in [0.1, 0.15) is 44.2 Å². The molecule has 0 atom stereocenters. The van der Waals surface area contributed by atoms with Gasteiger partial charge >= 0.3 is 0 Å². The molecule has 1 heterocycles. The molecular weight excluding hydrogens is 224 g/mol. The monoisotopic (exact) mass is 246 g/mol. The van der Waals surface area contributed by atoms with E-state index in [1.165, 1.54) is 38.5 Å². The second-order valence-corrected chi connectivity index (χ2v) is 5.60. The van der Waals surface area contributed by atoms with Crippen LogP contribution in [-0.2, 0) is 6.54 Å². The molecule has 0 bridgehead atoms. The van der Waals surface area contributed by atoms with E-state index < -0.39 is 0 Å². The summed E-state index contributed by atoms with van der Waals surface area (Å²) in [7, 11) is 0. The maximum absolute atomic E-state index is 5.89. The summed E-state index contributed by atoms with van der Waals surface area (Å²) in [5, 5.41) is 3.48. The maximum Gasteiger partial charge on any atom is 0.122 e. The molecule has 2 aliphatic carbocycles. The SMILES string of the molecule is c1cc(OCC2CCCC2)cc(CNC2CC2)n1. The molecule has 1 aromatic heterocycles. The second-order valence-electron chi connectivity index (χ2n) is 5.60. The third kappa shape index (κ3) is 3.45. The summed E-state index contributed by atoms with van der Waals surface area (Å²) in [4.78, 5) is 4.38. The highest BCUT2D eigenvalue weighted by Crippen LogP contribution is 2.25. The van der Waals surface area contributed by atoms with E-state index in [0.717, 1.165) is 36.6 Å². The Bertz CT molecular complexity index is 384. The highest BCUT2D eigenvalue weighted by Gasteiger charge is 2.20. The van der Waals surface area contributed by atoms with Gasteiger partial charge in [0, 0.05) is 24.8 Å². The summed E-state index contributed by atoms with van der Waals surface area (Å²) < 4.78 is 5.89. The lowest BCUT2D eigenvalue weighted by Crippen LogP contribution is -2.16. The van der Waals surface area contributed by atoms with Crippen molar-refractivity contribution < 1.29 is 4.74 Å². The van der Waals surface area contributed by atoms with Gasteiger partial charge in [0.05, 0.1) is 12.3 Å². The third-order valence-electron chi connectivity index (χ3n) is 3.90. The van der Waals surface area contributed by atoms with Crippen LogP contribution in [0.3, 0.4) is 0 Å². The summed E-state index contributed by atoms with van der Waals surface area (Å²) in [6.07, 6.45) is 9.91.